The van der Waals surface area contributed by atoms with Gasteiger partial charge in [0.05, 0.1) is 17.4 Å². The minimum absolute atomic E-state index is 0.0865. The monoisotopic (exact) mass is 553 g/mol. The molecule has 2 aliphatic rings. The van der Waals surface area contributed by atoms with E-state index in [1.165, 1.54) is 22.7 Å². The van der Waals surface area contributed by atoms with E-state index in [4.69, 9.17) is 4.74 Å². The molecule has 0 radical (unpaired) electrons. The summed E-state index contributed by atoms with van der Waals surface area (Å²) in [6.07, 6.45) is 3.00. The standard InChI is InChI=1S/C30H39N3O5S/c1-6-20-21-11-9-8-10-19(21)14-22-23(20)16-33-26(22)15-25(24(28(33)35)17-38-27(34)18-39-5)30(37,7-2)29(36)31-12-13-32(3)4/h8-11,14,26,37H,6-7,12-13,15-18H2,1-5H3,(H,31,36)/t26?,30-/m0/s1. The third kappa shape index (κ3) is 5.58. The molecule has 2 atom stereocenters. The highest BCUT2D eigenvalue weighted by atomic mass is 32.2. The molecule has 0 bridgehead atoms. The number of hydrogen-bond acceptors (Lipinski definition) is 7. The lowest BCUT2D eigenvalue weighted by molar-refractivity contribution is -0.141. The number of carbonyl (C=O) groups is 3. The highest BCUT2D eigenvalue weighted by Crippen LogP contribution is 2.48. The lowest BCUT2D eigenvalue weighted by Gasteiger charge is -2.39. The van der Waals surface area contributed by atoms with Crippen LogP contribution >= 0.6 is 11.8 Å². The number of aryl methyl sites for hydroxylation is 1. The number of ether oxygens (including phenoxy) is 1. The lowest BCUT2D eigenvalue weighted by Crippen LogP contribution is -2.52. The van der Waals surface area contributed by atoms with Crippen molar-refractivity contribution in [1.29, 1.82) is 0 Å². The van der Waals surface area contributed by atoms with Crippen molar-refractivity contribution >= 4 is 40.3 Å². The van der Waals surface area contributed by atoms with Gasteiger partial charge in [-0.3, -0.25) is 14.4 Å². The van der Waals surface area contributed by atoms with E-state index >= 15 is 0 Å². The fourth-order valence-electron chi connectivity index (χ4n) is 5.81. The summed E-state index contributed by atoms with van der Waals surface area (Å²) < 4.78 is 5.47. The van der Waals surface area contributed by atoms with Crippen LogP contribution in [0.2, 0.25) is 0 Å². The number of rotatable bonds is 11. The second kappa shape index (κ2) is 12.1. The molecule has 0 aromatic heterocycles. The zero-order chi connectivity index (χ0) is 28.3. The minimum atomic E-state index is -1.90. The predicted molar refractivity (Wildman–Crippen MR) is 154 cm³/mol. The zero-order valence-electron chi connectivity index (χ0n) is 23.5. The quantitative estimate of drug-likeness (QED) is 0.412. The van der Waals surface area contributed by atoms with Gasteiger partial charge in [-0.1, -0.05) is 38.1 Å². The number of nitrogens with zero attached hydrogens (tertiary/aromatic N) is 2. The van der Waals surface area contributed by atoms with Gasteiger partial charge in [-0.05, 0) is 78.7 Å². The molecule has 2 amide bonds. The molecule has 39 heavy (non-hydrogen) atoms. The van der Waals surface area contributed by atoms with E-state index in [1.54, 1.807) is 13.2 Å². The Labute approximate surface area is 234 Å². The van der Waals surface area contributed by atoms with Crippen LogP contribution in [0.1, 0.15) is 49.4 Å². The van der Waals surface area contributed by atoms with Crippen LogP contribution in [0.5, 0.6) is 0 Å². The van der Waals surface area contributed by atoms with Crippen molar-refractivity contribution in [3.8, 4) is 0 Å². The Morgan fingerprint density at radius 2 is 2.00 bits per heavy atom. The molecule has 210 valence electrons. The van der Waals surface area contributed by atoms with Crippen LogP contribution in [0.15, 0.2) is 41.5 Å². The topological polar surface area (TPSA) is 99.2 Å². The maximum Gasteiger partial charge on any atom is 0.316 e. The molecule has 0 saturated carbocycles. The maximum atomic E-state index is 14.1. The molecule has 0 saturated heterocycles. The van der Waals surface area contributed by atoms with Crippen molar-refractivity contribution in [3.63, 3.8) is 0 Å². The van der Waals surface area contributed by atoms with Crippen molar-refractivity contribution in [2.75, 3.05) is 45.8 Å². The second-order valence-electron chi connectivity index (χ2n) is 10.5. The molecule has 2 aliphatic heterocycles. The van der Waals surface area contributed by atoms with E-state index in [2.05, 4.69) is 30.4 Å². The fourth-order valence-corrected chi connectivity index (χ4v) is 6.13. The summed E-state index contributed by atoms with van der Waals surface area (Å²) in [5, 5.41) is 17.0. The molecule has 8 nitrogen and oxygen atoms in total. The van der Waals surface area contributed by atoms with E-state index in [1.807, 2.05) is 36.0 Å². The number of esters is 1. The van der Waals surface area contributed by atoms with Gasteiger partial charge in [0.15, 0.2) is 5.60 Å². The first kappa shape index (κ1) is 29.1. The van der Waals surface area contributed by atoms with Gasteiger partial charge in [-0.2, -0.15) is 11.8 Å². The third-order valence-corrected chi connectivity index (χ3v) is 8.40. The van der Waals surface area contributed by atoms with Gasteiger partial charge in [-0.15, -0.1) is 0 Å². The SMILES string of the molecule is CCc1c2c(cc3ccccc13)C1CC([C@@](O)(CC)C(=O)NCCN(C)C)=C(COC(=O)CSC)C(=O)N1C2. The molecule has 2 N–H and O–H groups in total. The Kier molecular flexibility index (Phi) is 9.03. The fraction of sp³-hybridized carbons (Fsp3) is 0.500. The van der Waals surface area contributed by atoms with E-state index in [9.17, 15) is 19.5 Å². The molecule has 1 unspecified atom stereocenters. The summed E-state index contributed by atoms with van der Waals surface area (Å²) in [5.41, 5.74) is 2.04. The van der Waals surface area contributed by atoms with Crippen molar-refractivity contribution in [3.05, 3.63) is 58.2 Å². The largest absolute Gasteiger partial charge is 0.460 e. The Morgan fingerprint density at radius 1 is 1.26 bits per heavy atom. The average Bonchev–Trinajstić information content (AvgIpc) is 3.28. The summed E-state index contributed by atoms with van der Waals surface area (Å²) in [4.78, 5) is 43.5. The first-order valence-corrected chi connectivity index (χ1v) is 14.9. The molecular formula is C30H39N3O5S. The molecule has 2 heterocycles. The van der Waals surface area contributed by atoms with Gasteiger partial charge >= 0.3 is 5.97 Å². The predicted octanol–water partition coefficient (Wildman–Crippen LogP) is 3.21. The summed E-state index contributed by atoms with van der Waals surface area (Å²) >= 11 is 1.33. The molecule has 0 fully saturated rings. The van der Waals surface area contributed by atoms with E-state index in [0.717, 1.165) is 22.9 Å². The van der Waals surface area contributed by atoms with Crippen molar-refractivity contribution < 1.29 is 24.2 Å². The van der Waals surface area contributed by atoms with Crippen LogP contribution in [0.3, 0.4) is 0 Å². The average molecular weight is 554 g/mol. The van der Waals surface area contributed by atoms with Gasteiger partial charge in [-0.25, -0.2) is 0 Å². The normalized spacial score (nSPS) is 18.3. The van der Waals surface area contributed by atoms with E-state index in [0.29, 0.717) is 31.6 Å². The summed E-state index contributed by atoms with van der Waals surface area (Å²) in [7, 11) is 3.81. The summed E-state index contributed by atoms with van der Waals surface area (Å²) in [5.74, 6) is -1.12. The van der Waals surface area contributed by atoms with Crippen LogP contribution in [0, 0.1) is 0 Å². The Morgan fingerprint density at radius 3 is 2.67 bits per heavy atom. The Bertz CT molecular complexity index is 1310. The summed E-state index contributed by atoms with van der Waals surface area (Å²) in [6.45, 7) is 5.00. The molecule has 2 aromatic rings. The number of fused-ring (bicyclic) bond motifs is 4. The molecule has 0 aliphatic carbocycles. The molecule has 2 aromatic carbocycles. The third-order valence-electron chi connectivity index (χ3n) is 7.88. The van der Waals surface area contributed by atoms with Gasteiger partial charge < -0.3 is 25.0 Å². The Balaban J connectivity index is 1.78. The minimum Gasteiger partial charge on any atom is -0.460 e. The van der Waals surface area contributed by atoms with Gasteiger partial charge in [0.25, 0.3) is 11.8 Å². The van der Waals surface area contributed by atoms with Crippen molar-refractivity contribution in [2.24, 2.45) is 0 Å². The molecular weight excluding hydrogens is 514 g/mol. The number of carbonyl (C=O) groups excluding carboxylic acids is 3. The molecule has 9 heteroatoms. The zero-order valence-corrected chi connectivity index (χ0v) is 24.3. The van der Waals surface area contributed by atoms with Crippen LogP contribution in [-0.2, 0) is 32.1 Å². The number of nitrogens with one attached hydrogen (secondary N) is 1. The molecule has 4 rings (SSSR count). The van der Waals surface area contributed by atoms with Gasteiger partial charge in [0.1, 0.15) is 6.61 Å². The van der Waals surface area contributed by atoms with E-state index in [-0.39, 0.29) is 36.3 Å². The van der Waals surface area contributed by atoms with Crippen LogP contribution in [0.4, 0.5) is 0 Å². The van der Waals surface area contributed by atoms with E-state index < -0.39 is 17.5 Å². The smallest absolute Gasteiger partial charge is 0.316 e. The number of amides is 2. The van der Waals surface area contributed by atoms with Crippen LogP contribution in [-0.4, -0.2) is 84.1 Å². The van der Waals surface area contributed by atoms with Crippen LogP contribution in [0.25, 0.3) is 10.8 Å². The number of thioether (sulfide) groups is 1. The number of likely N-dealkylation sites (N-methyl/N-ethyl adjacent to an activating group) is 1. The lowest BCUT2D eigenvalue weighted by atomic mass is 9.78. The second-order valence-corrected chi connectivity index (χ2v) is 11.3. The highest BCUT2D eigenvalue weighted by molar-refractivity contribution is 7.99. The Hall–Kier alpha value is -2.88. The van der Waals surface area contributed by atoms with Crippen molar-refractivity contribution in [2.45, 2.75) is 51.3 Å². The van der Waals surface area contributed by atoms with Gasteiger partial charge in [0, 0.05) is 19.6 Å². The number of hydrogen-bond donors (Lipinski definition) is 2. The number of benzene rings is 2. The first-order valence-electron chi connectivity index (χ1n) is 13.5. The highest BCUT2D eigenvalue weighted by Gasteiger charge is 2.49. The summed E-state index contributed by atoms with van der Waals surface area (Å²) in [6, 6.07) is 10.1. The maximum absolute atomic E-state index is 14.1. The number of aliphatic hydroxyl groups is 1. The van der Waals surface area contributed by atoms with Crippen molar-refractivity contribution in [1.82, 2.24) is 15.1 Å². The van der Waals surface area contributed by atoms with Gasteiger partial charge in [0.2, 0.25) is 0 Å². The molecule has 0 spiro atoms. The van der Waals surface area contributed by atoms with Crippen LogP contribution < -0.4 is 5.32 Å². The first-order chi connectivity index (χ1) is 18.7.